The first kappa shape index (κ1) is 13.8. The van der Waals surface area contributed by atoms with Gasteiger partial charge in [-0.25, -0.2) is 0 Å². The molecule has 0 atom stereocenters. The zero-order chi connectivity index (χ0) is 13.5. The van der Waals surface area contributed by atoms with Gasteiger partial charge in [0, 0.05) is 24.5 Å². The number of hydrogen-bond acceptors (Lipinski definition) is 4. The highest BCUT2D eigenvalue weighted by Gasteiger charge is 2.10. The zero-order valence-corrected chi connectivity index (χ0v) is 10.7. The fourth-order valence-corrected chi connectivity index (χ4v) is 1.65. The minimum absolute atomic E-state index is 0.0327. The molecule has 0 fully saturated rings. The number of nitrogens with one attached hydrogen (secondary N) is 1. The third kappa shape index (κ3) is 3.39. The summed E-state index contributed by atoms with van der Waals surface area (Å²) in [6, 6.07) is 7.25. The first-order chi connectivity index (χ1) is 8.62. The molecular weight excluding hydrogens is 228 g/mol. The van der Waals surface area contributed by atoms with E-state index in [0.717, 1.165) is 5.69 Å². The van der Waals surface area contributed by atoms with Gasteiger partial charge >= 0.3 is 0 Å². The molecule has 0 radical (unpaired) electrons. The van der Waals surface area contributed by atoms with E-state index < -0.39 is 0 Å². The molecule has 0 bridgehead atoms. The van der Waals surface area contributed by atoms with Gasteiger partial charge in [0.05, 0.1) is 12.1 Å². The number of likely N-dealkylation sites (N-methyl/N-ethyl adjacent to an activating group) is 2. The van der Waals surface area contributed by atoms with Crippen molar-refractivity contribution in [1.29, 1.82) is 5.26 Å². The number of hydrogen-bond donors (Lipinski definition) is 2. The third-order valence-electron chi connectivity index (χ3n) is 2.61. The van der Waals surface area contributed by atoms with Crippen LogP contribution in [-0.4, -0.2) is 25.5 Å². The van der Waals surface area contributed by atoms with Gasteiger partial charge in [0.1, 0.15) is 6.07 Å². The van der Waals surface area contributed by atoms with Gasteiger partial charge < -0.3 is 16.0 Å². The summed E-state index contributed by atoms with van der Waals surface area (Å²) in [5, 5.41) is 11.7. The number of rotatable bonds is 5. The third-order valence-corrected chi connectivity index (χ3v) is 2.61. The van der Waals surface area contributed by atoms with E-state index in [-0.39, 0.29) is 12.5 Å². The molecule has 1 amide bonds. The number of nitrogens with zero attached hydrogens (tertiary/aromatic N) is 2. The Hall–Kier alpha value is -2.22. The average Bonchev–Trinajstić information content (AvgIpc) is 2.37. The molecule has 1 aromatic carbocycles. The molecule has 0 saturated heterocycles. The molecule has 0 spiro atoms. The second kappa shape index (κ2) is 6.50. The maximum atomic E-state index is 11.6. The molecule has 0 saturated carbocycles. The number of nitrogen functional groups attached to an aromatic ring is 1. The van der Waals surface area contributed by atoms with Gasteiger partial charge in [0.2, 0.25) is 5.91 Å². The fourth-order valence-electron chi connectivity index (χ4n) is 1.65. The number of nitrogens with two attached hydrogens (primary N) is 1. The van der Waals surface area contributed by atoms with Crippen LogP contribution in [0.2, 0.25) is 0 Å². The Balaban J connectivity index is 2.89. The van der Waals surface area contributed by atoms with Crippen molar-refractivity contribution in [2.24, 2.45) is 0 Å². The number of carbonyl (C=O) groups excluding carboxylic acids is 1. The summed E-state index contributed by atoms with van der Waals surface area (Å²) in [4.78, 5) is 13.5. The monoisotopic (exact) mass is 246 g/mol. The van der Waals surface area contributed by atoms with E-state index in [0.29, 0.717) is 24.3 Å². The van der Waals surface area contributed by atoms with E-state index in [1.165, 1.54) is 0 Å². The lowest BCUT2D eigenvalue weighted by molar-refractivity contribution is -0.119. The van der Waals surface area contributed by atoms with Crippen molar-refractivity contribution < 1.29 is 4.79 Å². The first-order valence-electron chi connectivity index (χ1n) is 5.93. The van der Waals surface area contributed by atoms with Crippen molar-refractivity contribution in [1.82, 2.24) is 5.32 Å². The second-order valence-corrected chi connectivity index (χ2v) is 3.85. The lowest BCUT2D eigenvalue weighted by Crippen LogP contribution is -2.37. The molecule has 96 valence electrons. The minimum atomic E-state index is -0.0327. The Bertz CT molecular complexity index is 465. The number of carbonyl (C=O) groups is 1. The van der Waals surface area contributed by atoms with E-state index in [4.69, 9.17) is 11.0 Å². The first-order valence-corrected chi connectivity index (χ1v) is 5.93. The van der Waals surface area contributed by atoms with Gasteiger partial charge in [-0.15, -0.1) is 0 Å². The van der Waals surface area contributed by atoms with E-state index in [1.54, 1.807) is 12.1 Å². The topological polar surface area (TPSA) is 82.2 Å². The zero-order valence-electron chi connectivity index (χ0n) is 10.7. The highest BCUT2D eigenvalue weighted by atomic mass is 16.2. The fraction of sp³-hybridized carbons (Fsp3) is 0.385. The van der Waals surface area contributed by atoms with Crippen molar-refractivity contribution in [3.05, 3.63) is 23.8 Å². The highest BCUT2D eigenvalue weighted by Crippen LogP contribution is 2.20. The van der Waals surface area contributed by atoms with Crippen molar-refractivity contribution in [2.45, 2.75) is 13.8 Å². The van der Waals surface area contributed by atoms with Gasteiger partial charge in [-0.2, -0.15) is 5.26 Å². The molecule has 0 aromatic heterocycles. The summed E-state index contributed by atoms with van der Waals surface area (Å²) < 4.78 is 0. The molecule has 18 heavy (non-hydrogen) atoms. The lowest BCUT2D eigenvalue weighted by atomic mass is 10.1. The van der Waals surface area contributed by atoms with Gasteiger partial charge in [-0.1, -0.05) is 0 Å². The van der Waals surface area contributed by atoms with Crippen LogP contribution in [0.1, 0.15) is 19.4 Å². The Morgan fingerprint density at radius 2 is 2.22 bits per heavy atom. The molecule has 5 heteroatoms. The Morgan fingerprint density at radius 3 is 2.78 bits per heavy atom. The smallest absolute Gasteiger partial charge is 0.239 e. The quantitative estimate of drug-likeness (QED) is 0.762. The van der Waals surface area contributed by atoms with Crippen LogP contribution in [0.3, 0.4) is 0 Å². The molecule has 3 N–H and O–H groups in total. The van der Waals surface area contributed by atoms with Crippen molar-refractivity contribution in [3.8, 4) is 6.07 Å². The van der Waals surface area contributed by atoms with Crippen LogP contribution < -0.4 is 16.0 Å². The predicted octanol–water partition coefficient (Wildman–Crippen LogP) is 1.10. The van der Waals surface area contributed by atoms with E-state index in [9.17, 15) is 4.79 Å². The maximum Gasteiger partial charge on any atom is 0.239 e. The summed E-state index contributed by atoms with van der Waals surface area (Å²) >= 11 is 0. The van der Waals surface area contributed by atoms with E-state index >= 15 is 0 Å². The van der Waals surface area contributed by atoms with Crippen LogP contribution in [0.5, 0.6) is 0 Å². The Kier molecular flexibility index (Phi) is 5.00. The van der Waals surface area contributed by atoms with Gasteiger partial charge in [0.15, 0.2) is 0 Å². The van der Waals surface area contributed by atoms with E-state index in [1.807, 2.05) is 30.9 Å². The standard InChI is InChI=1S/C13H18N4O/c1-3-16-13(18)9-17(4-2)11-5-6-12(15)10(7-11)8-14/h5-7H,3-4,9,15H2,1-2H3,(H,16,18). The normalized spacial score (nSPS) is 9.61. The largest absolute Gasteiger partial charge is 0.398 e. The van der Waals surface area contributed by atoms with Crippen LogP contribution >= 0.6 is 0 Å². The summed E-state index contributed by atoms with van der Waals surface area (Å²) in [7, 11) is 0. The average molecular weight is 246 g/mol. The predicted molar refractivity (Wildman–Crippen MR) is 72.1 cm³/mol. The molecule has 1 rings (SSSR count). The summed E-state index contributed by atoms with van der Waals surface area (Å²) in [6.07, 6.45) is 0. The van der Waals surface area contributed by atoms with Crippen molar-refractivity contribution in [3.63, 3.8) is 0 Å². The summed E-state index contributed by atoms with van der Waals surface area (Å²) in [5.41, 5.74) is 7.38. The SMILES string of the molecule is CCNC(=O)CN(CC)c1ccc(N)c(C#N)c1. The lowest BCUT2D eigenvalue weighted by Gasteiger charge is -2.22. The molecule has 0 aliphatic carbocycles. The highest BCUT2D eigenvalue weighted by molar-refractivity contribution is 5.81. The van der Waals surface area contributed by atoms with Gasteiger partial charge in [0.25, 0.3) is 0 Å². The van der Waals surface area contributed by atoms with Crippen LogP contribution in [0.4, 0.5) is 11.4 Å². The minimum Gasteiger partial charge on any atom is -0.398 e. The molecule has 0 heterocycles. The van der Waals surface area contributed by atoms with E-state index in [2.05, 4.69) is 5.32 Å². The Morgan fingerprint density at radius 1 is 1.50 bits per heavy atom. The van der Waals surface area contributed by atoms with Crippen LogP contribution in [0.15, 0.2) is 18.2 Å². The maximum absolute atomic E-state index is 11.6. The van der Waals surface area contributed by atoms with Crippen molar-refractivity contribution >= 4 is 17.3 Å². The number of nitriles is 1. The number of anilines is 2. The second-order valence-electron chi connectivity index (χ2n) is 3.85. The summed E-state index contributed by atoms with van der Waals surface area (Å²) in [5.74, 6) is -0.0327. The van der Waals surface area contributed by atoms with Crippen LogP contribution in [0.25, 0.3) is 0 Å². The number of amides is 1. The molecule has 5 nitrogen and oxygen atoms in total. The van der Waals surface area contributed by atoms with Crippen LogP contribution in [-0.2, 0) is 4.79 Å². The van der Waals surface area contributed by atoms with Crippen molar-refractivity contribution in [2.75, 3.05) is 30.3 Å². The molecule has 1 aromatic rings. The molecule has 0 aliphatic heterocycles. The van der Waals surface area contributed by atoms with Gasteiger partial charge in [-0.05, 0) is 32.0 Å². The molecule has 0 aliphatic rings. The van der Waals surface area contributed by atoms with Crippen LogP contribution in [0, 0.1) is 11.3 Å². The Labute approximate surface area is 107 Å². The summed E-state index contributed by atoms with van der Waals surface area (Å²) in [6.45, 7) is 5.42. The molecular formula is C13H18N4O. The number of benzene rings is 1. The van der Waals surface area contributed by atoms with Gasteiger partial charge in [-0.3, -0.25) is 4.79 Å². The molecule has 0 unspecified atom stereocenters.